The number of urea groups is 1. The number of amides is 2. The van der Waals surface area contributed by atoms with Crippen LogP contribution in [0.4, 0.5) is 23.7 Å². The summed E-state index contributed by atoms with van der Waals surface area (Å²) < 4.78 is 51.8. The predicted molar refractivity (Wildman–Crippen MR) is 137 cm³/mol. The number of carbonyl (C=O) groups is 1. The SMILES string of the molecule is COc1ccc2c(c1)C(N1CCN(C(=O)NCc3ccccc3)[C@@H](C)C1)=Nc1cc(C(F)(F)F)ccc1O2. The quantitative estimate of drug-likeness (QED) is 0.470. The molecule has 3 aromatic carbocycles. The molecule has 7 nitrogen and oxygen atoms in total. The second-order valence-electron chi connectivity index (χ2n) is 9.21. The molecule has 2 aliphatic rings. The number of benzene rings is 3. The van der Waals surface area contributed by atoms with Crippen molar-refractivity contribution in [3.05, 3.63) is 83.4 Å². The van der Waals surface area contributed by atoms with Crippen molar-refractivity contribution in [2.24, 2.45) is 4.99 Å². The van der Waals surface area contributed by atoms with Crippen LogP contribution < -0.4 is 14.8 Å². The van der Waals surface area contributed by atoms with Gasteiger partial charge in [-0.1, -0.05) is 30.3 Å². The Hall–Kier alpha value is -4.21. The smallest absolute Gasteiger partial charge is 0.416 e. The molecule has 3 aromatic rings. The van der Waals surface area contributed by atoms with Gasteiger partial charge in [-0.15, -0.1) is 0 Å². The van der Waals surface area contributed by atoms with Crippen molar-refractivity contribution in [2.75, 3.05) is 26.7 Å². The maximum absolute atomic E-state index is 13.5. The second kappa shape index (κ2) is 10.3. The number of piperazine rings is 1. The molecule has 0 radical (unpaired) electrons. The fourth-order valence-corrected chi connectivity index (χ4v) is 4.63. The summed E-state index contributed by atoms with van der Waals surface area (Å²) in [5.41, 5.74) is 0.881. The fourth-order valence-electron chi connectivity index (χ4n) is 4.63. The molecule has 0 saturated carbocycles. The van der Waals surface area contributed by atoms with Gasteiger partial charge in [-0.05, 0) is 48.9 Å². The average molecular weight is 525 g/mol. The molecular formula is C28H27F3N4O3. The van der Waals surface area contributed by atoms with Crippen LogP contribution in [-0.2, 0) is 12.7 Å². The third kappa shape index (κ3) is 5.25. The van der Waals surface area contributed by atoms with Gasteiger partial charge in [0.15, 0.2) is 5.75 Å². The summed E-state index contributed by atoms with van der Waals surface area (Å²) in [6.45, 7) is 3.64. The summed E-state index contributed by atoms with van der Waals surface area (Å²) in [6, 6.07) is 17.8. The van der Waals surface area contributed by atoms with Crippen LogP contribution in [-0.4, -0.2) is 54.5 Å². The van der Waals surface area contributed by atoms with E-state index in [0.29, 0.717) is 49.1 Å². The summed E-state index contributed by atoms with van der Waals surface area (Å²) in [4.78, 5) is 21.3. The Morgan fingerprint density at radius 3 is 2.55 bits per heavy atom. The molecule has 1 saturated heterocycles. The molecule has 0 aliphatic carbocycles. The number of hydrogen-bond donors (Lipinski definition) is 1. The molecule has 38 heavy (non-hydrogen) atoms. The van der Waals surface area contributed by atoms with Crippen LogP contribution >= 0.6 is 0 Å². The van der Waals surface area contributed by atoms with E-state index in [1.807, 2.05) is 42.2 Å². The van der Waals surface area contributed by atoms with Crippen molar-refractivity contribution in [3.8, 4) is 17.2 Å². The Bertz CT molecular complexity index is 1360. The van der Waals surface area contributed by atoms with E-state index < -0.39 is 11.7 Å². The average Bonchev–Trinajstić information content (AvgIpc) is 3.07. The first-order valence-corrected chi connectivity index (χ1v) is 12.2. The van der Waals surface area contributed by atoms with Crippen LogP contribution in [0.5, 0.6) is 17.2 Å². The van der Waals surface area contributed by atoms with Crippen molar-refractivity contribution in [3.63, 3.8) is 0 Å². The van der Waals surface area contributed by atoms with Gasteiger partial charge in [0.1, 0.15) is 23.0 Å². The van der Waals surface area contributed by atoms with Gasteiger partial charge in [-0.2, -0.15) is 13.2 Å². The van der Waals surface area contributed by atoms with Crippen LogP contribution in [0.1, 0.15) is 23.6 Å². The fraction of sp³-hybridized carbons (Fsp3) is 0.286. The van der Waals surface area contributed by atoms with Gasteiger partial charge in [-0.3, -0.25) is 0 Å². The van der Waals surface area contributed by atoms with E-state index in [9.17, 15) is 18.0 Å². The molecule has 1 fully saturated rings. The van der Waals surface area contributed by atoms with Crippen molar-refractivity contribution >= 4 is 17.6 Å². The van der Waals surface area contributed by atoms with Gasteiger partial charge in [-0.25, -0.2) is 9.79 Å². The molecule has 2 heterocycles. The first-order valence-electron chi connectivity index (χ1n) is 12.2. The Balaban J connectivity index is 1.42. The van der Waals surface area contributed by atoms with Crippen molar-refractivity contribution in [1.82, 2.24) is 15.1 Å². The van der Waals surface area contributed by atoms with Crippen LogP contribution in [0, 0.1) is 0 Å². The minimum atomic E-state index is -4.51. The third-order valence-electron chi connectivity index (χ3n) is 6.63. The van der Waals surface area contributed by atoms with E-state index >= 15 is 0 Å². The van der Waals surface area contributed by atoms with Crippen LogP contribution in [0.2, 0.25) is 0 Å². The number of amidine groups is 1. The van der Waals surface area contributed by atoms with Gasteiger partial charge in [0.25, 0.3) is 0 Å². The lowest BCUT2D eigenvalue weighted by atomic mass is 10.1. The zero-order chi connectivity index (χ0) is 26.9. The lowest BCUT2D eigenvalue weighted by Gasteiger charge is -2.41. The lowest BCUT2D eigenvalue weighted by Crippen LogP contribution is -2.57. The van der Waals surface area contributed by atoms with E-state index in [2.05, 4.69) is 10.3 Å². The van der Waals surface area contributed by atoms with E-state index in [-0.39, 0.29) is 23.5 Å². The van der Waals surface area contributed by atoms with Gasteiger partial charge in [0.2, 0.25) is 0 Å². The summed E-state index contributed by atoms with van der Waals surface area (Å²) >= 11 is 0. The molecule has 0 spiro atoms. The first-order chi connectivity index (χ1) is 18.2. The zero-order valence-corrected chi connectivity index (χ0v) is 21.0. The summed E-state index contributed by atoms with van der Waals surface area (Å²) in [5.74, 6) is 1.72. The Morgan fingerprint density at radius 2 is 1.84 bits per heavy atom. The highest BCUT2D eigenvalue weighted by Gasteiger charge is 2.34. The molecule has 1 atom stereocenters. The van der Waals surface area contributed by atoms with Crippen molar-refractivity contribution in [2.45, 2.75) is 25.7 Å². The number of alkyl halides is 3. The summed E-state index contributed by atoms with van der Waals surface area (Å²) in [6.07, 6.45) is -4.51. The molecular weight excluding hydrogens is 497 g/mol. The largest absolute Gasteiger partial charge is 0.497 e. The van der Waals surface area contributed by atoms with Crippen LogP contribution in [0.25, 0.3) is 0 Å². The molecule has 0 aromatic heterocycles. The number of hydrogen-bond acceptors (Lipinski definition) is 5. The molecule has 2 aliphatic heterocycles. The number of fused-ring (bicyclic) bond motifs is 2. The van der Waals surface area contributed by atoms with Crippen LogP contribution in [0.3, 0.4) is 0 Å². The standard InChI is InChI=1S/C28H27F3N4O3/c1-18-17-34(12-13-35(18)27(36)32-16-19-6-4-3-5-7-19)26-22-15-21(37-2)9-11-24(22)38-25-10-8-20(28(29,30)31)14-23(25)33-26/h3-11,14-15,18H,12-13,16-17H2,1-2H3,(H,32,36)/t18-/m0/s1. The van der Waals surface area contributed by atoms with Gasteiger partial charge < -0.3 is 24.6 Å². The summed E-state index contributed by atoms with van der Waals surface area (Å²) in [7, 11) is 1.54. The Labute approximate surface area is 218 Å². The minimum Gasteiger partial charge on any atom is -0.497 e. The highest BCUT2D eigenvalue weighted by Crippen LogP contribution is 2.42. The first kappa shape index (κ1) is 25.4. The van der Waals surface area contributed by atoms with E-state index in [1.165, 1.54) is 13.2 Å². The molecule has 1 N–H and O–H groups in total. The number of nitrogens with one attached hydrogen (secondary N) is 1. The lowest BCUT2D eigenvalue weighted by molar-refractivity contribution is -0.137. The topological polar surface area (TPSA) is 66.4 Å². The third-order valence-corrected chi connectivity index (χ3v) is 6.63. The zero-order valence-electron chi connectivity index (χ0n) is 21.0. The normalized spacial score (nSPS) is 17.0. The van der Waals surface area contributed by atoms with Gasteiger partial charge >= 0.3 is 12.2 Å². The van der Waals surface area contributed by atoms with Crippen molar-refractivity contribution < 1.29 is 27.4 Å². The van der Waals surface area contributed by atoms with E-state index in [4.69, 9.17) is 9.47 Å². The van der Waals surface area contributed by atoms with Crippen molar-refractivity contribution in [1.29, 1.82) is 0 Å². The number of nitrogens with zero attached hydrogens (tertiary/aromatic N) is 3. The highest BCUT2D eigenvalue weighted by atomic mass is 19.4. The van der Waals surface area contributed by atoms with Gasteiger partial charge in [0.05, 0.1) is 18.2 Å². The molecule has 0 bridgehead atoms. The molecule has 2 amide bonds. The second-order valence-corrected chi connectivity index (χ2v) is 9.21. The van der Waals surface area contributed by atoms with E-state index in [0.717, 1.165) is 17.7 Å². The number of aliphatic imine (C=N–C) groups is 1. The molecule has 198 valence electrons. The monoisotopic (exact) mass is 524 g/mol. The predicted octanol–water partition coefficient (Wildman–Crippen LogP) is 5.81. The van der Waals surface area contributed by atoms with Gasteiger partial charge in [0, 0.05) is 32.2 Å². The van der Waals surface area contributed by atoms with Crippen LogP contribution in [0.15, 0.2) is 71.7 Å². The Morgan fingerprint density at radius 1 is 1.08 bits per heavy atom. The summed E-state index contributed by atoms with van der Waals surface area (Å²) in [5, 5.41) is 2.96. The molecule has 5 rings (SSSR count). The number of rotatable bonds is 3. The van der Waals surface area contributed by atoms with E-state index in [1.54, 1.807) is 23.1 Å². The molecule has 0 unspecified atom stereocenters. The number of halogens is 3. The number of ether oxygens (including phenoxy) is 2. The minimum absolute atomic E-state index is 0.0840. The Kier molecular flexibility index (Phi) is 6.88. The maximum Gasteiger partial charge on any atom is 0.416 e. The highest BCUT2D eigenvalue weighted by molar-refractivity contribution is 6.04. The maximum atomic E-state index is 13.5. The number of carbonyl (C=O) groups excluding carboxylic acids is 1. The molecule has 10 heteroatoms. The number of methoxy groups -OCH3 is 1.